The van der Waals surface area contributed by atoms with Gasteiger partial charge in [-0.05, 0) is 38.1 Å². The summed E-state index contributed by atoms with van der Waals surface area (Å²) in [6.07, 6.45) is 0.991. The molecule has 0 aliphatic carbocycles. The van der Waals surface area contributed by atoms with E-state index in [9.17, 15) is 0 Å². The zero-order chi connectivity index (χ0) is 12.0. The molecule has 0 radical (unpaired) electrons. The Balaban J connectivity index is 2.42. The van der Waals surface area contributed by atoms with E-state index in [2.05, 4.69) is 17.0 Å². The summed E-state index contributed by atoms with van der Waals surface area (Å²) in [5.74, 6) is 0.890. The van der Waals surface area contributed by atoms with Crippen LogP contribution < -0.4 is 4.74 Å². The fourth-order valence-corrected chi connectivity index (χ4v) is 1.46. The summed E-state index contributed by atoms with van der Waals surface area (Å²) in [6.45, 7) is 3.18. The van der Waals surface area contributed by atoms with E-state index in [0.29, 0.717) is 0 Å². The Labute approximate surface area is 97.7 Å². The molecule has 1 aromatic carbocycles. The summed E-state index contributed by atoms with van der Waals surface area (Å²) in [4.78, 5) is 2.16. The molecule has 1 atom stereocenters. The molecule has 0 bridgehead atoms. The maximum atomic E-state index is 9.01. The van der Waals surface area contributed by atoms with Crippen LogP contribution in [0.4, 0.5) is 0 Å². The second kappa shape index (κ2) is 6.51. The smallest absolute Gasteiger partial charge is 0.118 e. The lowest BCUT2D eigenvalue weighted by molar-refractivity contribution is 0.160. The van der Waals surface area contributed by atoms with E-state index in [4.69, 9.17) is 9.84 Å². The van der Waals surface area contributed by atoms with Gasteiger partial charge in [-0.1, -0.05) is 12.1 Å². The van der Waals surface area contributed by atoms with Crippen LogP contribution in [0.2, 0.25) is 0 Å². The molecule has 3 nitrogen and oxygen atoms in total. The van der Waals surface area contributed by atoms with Crippen molar-refractivity contribution in [3.8, 4) is 5.75 Å². The average molecular weight is 223 g/mol. The number of hydrogen-bond donors (Lipinski definition) is 1. The highest BCUT2D eigenvalue weighted by Crippen LogP contribution is 2.12. The lowest BCUT2D eigenvalue weighted by Gasteiger charge is -2.22. The molecule has 1 unspecified atom stereocenters. The summed E-state index contributed by atoms with van der Waals surface area (Å²) in [5.41, 5.74) is 1.29. The lowest BCUT2D eigenvalue weighted by Crippen LogP contribution is -2.33. The van der Waals surface area contributed by atoms with Crippen LogP contribution in [-0.4, -0.2) is 43.4 Å². The molecule has 0 aliphatic rings. The van der Waals surface area contributed by atoms with Gasteiger partial charge >= 0.3 is 0 Å². The minimum absolute atomic E-state index is 0.207. The van der Waals surface area contributed by atoms with Crippen LogP contribution in [0.15, 0.2) is 24.3 Å². The van der Waals surface area contributed by atoms with Crippen molar-refractivity contribution in [2.45, 2.75) is 19.4 Å². The second-order valence-electron chi connectivity index (χ2n) is 4.11. The van der Waals surface area contributed by atoms with E-state index < -0.39 is 0 Å². The van der Waals surface area contributed by atoms with Gasteiger partial charge in [0.2, 0.25) is 0 Å². The fraction of sp³-hybridized carbons (Fsp3) is 0.538. The highest BCUT2D eigenvalue weighted by Gasteiger charge is 2.06. The molecule has 0 spiro atoms. The third-order valence-electron chi connectivity index (χ3n) is 2.93. The molecule has 0 saturated heterocycles. The minimum Gasteiger partial charge on any atom is -0.497 e. The van der Waals surface area contributed by atoms with E-state index >= 15 is 0 Å². The Morgan fingerprint density at radius 2 is 1.94 bits per heavy atom. The van der Waals surface area contributed by atoms with Gasteiger partial charge in [-0.3, -0.25) is 0 Å². The number of aliphatic hydroxyl groups excluding tert-OH is 1. The number of benzene rings is 1. The molecule has 0 fully saturated rings. The highest BCUT2D eigenvalue weighted by atomic mass is 16.5. The van der Waals surface area contributed by atoms with Crippen LogP contribution in [0.3, 0.4) is 0 Å². The van der Waals surface area contributed by atoms with Crippen molar-refractivity contribution in [1.29, 1.82) is 0 Å². The summed E-state index contributed by atoms with van der Waals surface area (Å²) in [7, 11) is 3.70. The fourth-order valence-electron chi connectivity index (χ4n) is 1.46. The Bertz CT molecular complexity index is 297. The Morgan fingerprint density at radius 3 is 2.44 bits per heavy atom. The van der Waals surface area contributed by atoms with Crippen molar-refractivity contribution in [3.63, 3.8) is 0 Å². The summed E-state index contributed by atoms with van der Waals surface area (Å²) < 4.78 is 5.11. The second-order valence-corrected chi connectivity index (χ2v) is 4.11. The molecule has 0 heterocycles. The van der Waals surface area contributed by atoms with Gasteiger partial charge in [-0.2, -0.15) is 0 Å². The van der Waals surface area contributed by atoms with Crippen molar-refractivity contribution in [2.75, 3.05) is 27.3 Å². The van der Waals surface area contributed by atoms with E-state index in [1.54, 1.807) is 7.11 Å². The zero-order valence-electron chi connectivity index (χ0n) is 10.3. The predicted molar refractivity (Wildman–Crippen MR) is 65.9 cm³/mol. The molecular formula is C13H21NO2. The zero-order valence-corrected chi connectivity index (χ0v) is 10.3. The third kappa shape index (κ3) is 3.83. The summed E-state index contributed by atoms with van der Waals surface area (Å²) in [5, 5.41) is 9.01. The molecule has 16 heavy (non-hydrogen) atoms. The summed E-state index contributed by atoms with van der Waals surface area (Å²) >= 11 is 0. The Morgan fingerprint density at radius 1 is 1.31 bits per heavy atom. The first-order valence-corrected chi connectivity index (χ1v) is 5.61. The number of aliphatic hydroxyl groups is 1. The molecule has 0 aliphatic heterocycles. The van der Waals surface area contributed by atoms with Crippen molar-refractivity contribution in [2.24, 2.45) is 0 Å². The van der Waals surface area contributed by atoms with Crippen LogP contribution in [0, 0.1) is 0 Å². The first-order valence-electron chi connectivity index (χ1n) is 5.61. The van der Waals surface area contributed by atoms with Gasteiger partial charge in [0.1, 0.15) is 5.75 Å². The van der Waals surface area contributed by atoms with Gasteiger partial charge in [0, 0.05) is 12.6 Å². The Kier molecular flexibility index (Phi) is 5.29. The quantitative estimate of drug-likeness (QED) is 0.794. The van der Waals surface area contributed by atoms with Gasteiger partial charge in [0.05, 0.1) is 13.7 Å². The van der Waals surface area contributed by atoms with Crippen molar-refractivity contribution in [3.05, 3.63) is 29.8 Å². The van der Waals surface area contributed by atoms with Crippen LogP contribution >= 0.6 is 0 Å². The topological polar surface area (TPSA) is 32.7 Å². The standard InChI is InChI=1S/C13H21NO2/c1-11(10-15)14(2)9-8-12-4-6-13(16-3)7-5-12/h4-7,11,15H,8-10H2,1-3H3. The van der Waals surface area contributed by atoms with Gasteiger partial charge in [-0.15, -0.1) is 0 Å². The number of nitrogens with zero attached hydrogens (tertiary/aromatic N) is 1. The van der Waals surface area contributed by atoms with Crippen LogP contribution in [0.1, 0.15) is 12.5 Å². The third-order valence-corrected chi connectivity index (χ3v) is 2.93. The van der Waals surface area contributed by atoms with E-state index in [-0.39, 0.29) is 12.6 Å². The van der Waals surface area contributed by atoms with E-state index in [0.717, 1.165) is 18.7 Å². The summed E-state index contributed by atoms with van der Waals surface area (Å²) in [6, 6.07) is 8.33. The average Bonchev–Trinajstić information content (AvgIpc) is 2.35. The van der Waals surface area contributed by atoms with Crippen molar-refractivity contribution >= 4 is 0 Å². The monoisotopic (exact) mass is 223 g/mol. The van der Waals surface area contributed by atoms with Crippen molar-refractivity contribution in [1.82, 2.24) is 4.90 Å². The molecular weight excluding hydrogens is 202 g/mol. The first-order chi connectivity index (χ1) is 7.67. The molecule has 1 N–H and O–H groups in total. The molecule has 90 valence electrons. The van der Waals surface area contributed by atoms with E-state index in [1.807, 2.05) is 26.1 Å². The molecule has 0 amide bonds. The number of rotatable bonds is 6. The number of hydrogen-bond acceptors (Lipinski definition) is 3. The van der Waals surface area contributed by atoms with Gasteiger partial charge in [0.15, 0.2) is 0 Å². The van der Waals surface area contributed by atoms with Crippen LogP contribution in [0.5, 0.6) is 5.75 Å². The predicted octanol–water partition coefficient (Wildman–Crippen LogP) is 1.55. The maximum Gasteiger partial charge on any atom is 0.118 e. The number of methoxy groups -OCH3 is 1. The lowest BCUT2D eigenvalue weighted by atomic mass is 10.1. The molecule has 1 rings (SSSR count). The van der Waals surface area contributed by atoms with Gasteiger partial charge in [-0.25, -0.2) is 0 Å². The molecule has 3 heteroatoms. The first kappa shape index (κ1) is 13.0. The maximum absolute atomic E-state index is 9.01. The largest absolute Gasteiger partial charge is 0.497 e. The number of likely N-dealkylation sites (N-methyl/N-ethyl adjacent to an activating group) is 1. The van der Waals surface area contributed by atoms with Crippen molar-refractivity contribution < 1.29 is 9.84 Å². The highest BCUT2D eigenvalue weighted by molar-refractivity contribution is 5.27. The SMILES string of the molecule is COc1ccc(CCN(C)C(C)CO)cc1. The number of ether oxygens (including phenoxy) is 1. The molecule has 0 aromatic heterocycles. The Hall–Kier alpha value is -1.06. The molecule has 0 saturated carbocycles. The van der Waals surface area contributed by atoms with E-state index in [1.165, 1.54) is 5.56 Å². The normalized spacial score (nSPS) is 12.8. The molecule has 1 aromatic rings. The van der Waals surface area contributed by atoms with Crippen LogP contribution in [-0.2, 0) is 6.42 Å². The van der Waals surface area contributed by atoms with Crippen LogP contribution in [0.25, 0.3) is 0 Å². The van der Waals surface area contributed by atoms with Gasteiger partial charge in [0.25, 0.3) is 0 Å². The minimum atomic E-state index is 0.207. The van der Waals surface area contributed by atoms with Gasteiger partial charge < -0.3 is 14.7 Å².